The van der Waals surface area contributed by atoms with Crippen LogP contribution in [0.15, 0.2) is 42.5 Å². The van der Waals surface area contributed by atoms with Gasteiger partial charge in [-0.25, -0.2) is 0 Å². The molecule has 0 radical (unpaired) electrons. The van der Waals surface area contributed by atoms with Gasteiger partial charge in [0.15, 0.2) is 23.0 Å². The van der Waals surface area contributed by atoms with Gasteiger partial charge in [0.05, 0.1) is 40.2 Å². The van der Waals surface area contributed by atoms with E-state index in [0.717, 1.165) is 12.1 Å². The summed E-state index contributed by atoms with van der Waals surface area (Å²) in [5.74, 6) is 2.46. The predicted molar refractivity (Wildman–Crippen MR) is 123 cm³/mol. The van der Waals surface area contributed by atoms with E-state index in [1.165, 1.54) is 21.3 Å². The SMILES string of the molecule is C=C1C(=O)N(c2cc(OC)c(OC)c(OC)c2)C1c1ccc(OC)c(OCCN(C)C)c1. The number of carbonyl (C=O) groups excluding carboxylic acids is 1. The van der Waals surface area contributed by atoms with Crippen LogP contribution in [0.4, 0.5) is 5.69 Å². The van der Waals surface area contributed by atoms with Crippen LogP contribution in [0.1, 0.15) is 11.6 Å². The van der Waals surface area contributed by atoms with Gasteiger partial charge in [0.1, 0.15) is 6.61 Å². The zero-order valence-electron chi connectivity index (χ0n) is 19.4. The van der Waals surface area contributed by atoms with Crippen LogP contribution in [0.2, 0.25) is 0 Å². The molecule has 1 atom stereocenters. The Hall–Kier alpha value is -3.39. The van der Waals surface area contributed by atoms with Crippen molar-refractivity contribution >= 4 is 11.6 Å². The highest BCUT2D eigenvalue weighted by Gasteiger charge is 2.43. The first-order valence-corrected chi connectivity index (χ1v) is 10.1. The van der Waals surface area contributed by atoms with E-state index in [4.69, 9.17) is 23.7 Å². The highest BCUT2D eigenvalue weighted by Crippen LogP contribution is 2.48. The number of nitrogens with zero attached hydrogens (tertiary/aromatic N) is 2. The Kier molecular flexibility index (Phi) is 7.15. The Balaban J connectivity index is 1.98. The van der Waals surface area contributed by atoms with E-state index in [0.29, 0.717) is 46.6 Å². The lowest BCUT2D eigenvalue weighted by Gasteiger charge is -2.42. The molecule has 3 rings (SSSR count). The first-order valence-electron chi connectivity index (χ1n) is 10.1. The number of anilines is 1. The molecule has 32 heavy (non-hydrogen) atoms. The molecule has 172 valence electrons. The minimum Gasteiger partial charge on any atom is -0.493 e. The Morgan fingerprint density at radius 3 is 2.06 bits per heavy atom. The van der Waals surface area contributed by atoms with Crippen LogP contribution in [-0.4, -0.2) is 66.5 Å². The number of carbonyl (C=O) groups is 1. The molecule has 2 aromatic carbocycles. The number of hydrogen-bond donors (Lipinski definition) is 0. The summed E-state index contributed by atoms with van der Waals surface area (Å²) < 4.78 is 27.7. The molecule has 1 saturated heterocycles. The Labute approximate surface area is 188 Å². The average molecular weight is 443 g/mol. The van der Waals surface area contributed by atoms with E-state index in [1.54, 1.807) is 24.1 Å². The average Bonchev–Trinajstić information content (AvgIpc) is 2.80. The molecular weight excluding hydrogens is 412 g/mol. The zero-order chi connectivity index (χ0) is 23.4. The number of methoxy groups -OCH3 is 4. The van der Waals surface area contributed by atoms with E-state index >= 15 is 0 Å². The van der Waals surface area contributed by atoms with Gasteiger partial charge in [-0.2, -0.15) is 0 Å². The van der Waals surface area contributed by atoms with Crippen molar-refractivity contribution in [3.8, 4) is 28.7 Å². The molecule has 1 heterocycles. The fraction of sp³-hybridized carbons (Fsp3) is 0.375. The van der Waals surface area contributed by atoms with Crippen molar-refractivity contribution in [3.63, 3.8) is 0 Å². The summed E-state index contributed by atoms with van der Waals surface area (Å²) in [6.45, 7) is 5.27. The maximum absolute atomic E-state index is 12.8. The van der Waals surface area contributed by atoms with E-state index in [9.17, 15) is 4.79 Å². The number of amides is 1. The highest BCUT2D eigenvalue weighted by atomic mass is 16.5. The molecule has 1 unspecified atom stereocenters. The minimum absolute atomic E-state index is 0.171. The minimum atomic E-state index is -0.354. The monoisotopic (exact) mass is 442 g/mol. The number of β-lactam (4-membered cyclic amide) rings is 1. The molecule has 1 aliphatic rings. The lowest BCUT2D eigenvalue weighted by Crippen LogP contribution is -2.48. The predicted octanol–water partition coefficient (Wildman–Crippen LogP) is 3.31. The summed E-state index contributed by atoms with van der Waals surface area (Å²) in [4.78, 5) is 16.5. The van der Waals surface area contributed by atoms with Gasteiger partial charge < -0.3 is 28.6 Å². The topological polar surface area (TPSA) is 69.7 Å². The maximum atomic E-state index is 12.8. The quantitative estimate of drug-likeness (QED) is 0.413. The third kappa shape index (κ3) is 4.31. The van der Waals surface area contributed by atoms with Crippen LogP contribution >= 0.6 is 0 Å². The van der Waals surface area contributed by atoms with Gasteiger partial charge in [-0.15, -0.1) is 0 Å². The number of benzene rings is 2. The number of hydrogen-bond acceptors (Lipinski definition) is 7. The molecule has 0 bridgehead atoms. The maximum Gasteiger partial charge on any atom is 0.256 e. The molecule has 0 N–H and O–H groups in total. The van der Waals surface area contributed by atoms with E-state index < -0.39 is 0 Å². The number of likely N-dealkylation sites (N-methyl/N-ethyl adjacent to an activating group) is 1. The third-order valence-electron chi connectivity index (χ3n) is 5.31. The van der Waals surface area contributed by atoms with E-state index in [2.05, 4.69) is 6.58 Å². The molecule has 1 aliphatic heterocycles. The van der Waals surface area contributed by atoms with Crippen molar-refractivity contribution in [2.24, 2.45) is 0 Å². The summed E-state index contributed by atoms with van der Waals surface area (Å²) in [5, 5.41) is 0. The molecule has 0 aliphatic carbocycles. The van der Waals surface area contributed by atoms with Crippen molar-refractivity contribution < 1.29 is 28.5 Å². The largest absolute Gasteiger partial charge is 0.493 e. The smallest absolute Gasteiger partial charge is 0.256 e. The van der Waals surface area contributed by atoms with Crippen molar-refractivity contribution in [1.82, 2.24) is 4.90 Å². The second-order valence-electron chi connectivity index (χ2n) is 7.55. The number of rotatable bonds is 10. The Morgan fingerprint density at radius 1 is 0.906 bits per heavy atom. The van der Waals surface area contributed by atoms with Gasteiger partial charge >= 0.3 is 0 Å². The number of ether oxygens (including phenoxy) is 5. The summed E-state index contributed by atoms with van der Waals surface area (Å²) in [5.41, 5.74) is 1.97. The Bertz CT molecular complexity index is 979. The lowest BCUT2D eigenvalue weighted by molar-refractivity contribution is -0.118. The second-order valence-corrected chi connectivity index (χ2v) is 7.55. The standard InChI is InChI=1S/C24H30N2O6/c1-15-22(16-8-9-18(28-4)19(12-16)32-11-10-25(2)3)26(24(15)27)17-13-20(29-5)23(31-7)21(14-17)30-6/h8-9,12-14,22H,1,10-11H2,2-7H3. The highest BCUT2D eigenvalue weighted by molar-refractivity contribution is 6.15. The third-order valence-corrected chi connectivity index (χ3v) is 5.31. The Morgan fingerprint density at radius 2 is 1.53 bits per heavy atom. The molecule has 0 saturated carbocycles. The normalized spacial score (nSPS) is 15.5. The molecule has 2 aromatic rings. The second kappa shape index (κ2) is 9.82. The molecule has 1 fully saturated rings. The van der Waals surface area contributed by atoms with Crippen LogP contribution in [0.5, 0.6) is 28.7 Å². The fourth-order valence-corrected chi connectivity index (χ4v) is 3.62. The lowest BCUT2D eigenvalue weighted by atomic mass is 9.88. The first-order chi connectivity index (χ1) is 15.4. The van der Waals surface area contributed by atoms with Crippen LogP contribution in [-0.2, 0) is 4.79 Å². The van der Waals surface area contributed by atoms with Crippen LogP contribution in [0, 0.1) is 0 Å². The molecular formula is C24H30N2O6. The van der Waals surface area contributed by atoms with Gasteiger partial charge in [-0.1, -0.05) is 12.6 Å². The fourth-order valence-electron chi connectivity index (χ4n) is 3.62. The van der Waals surface area contributed by atoms with Gasteiger partial charge in [-0.05, 0) is 31.8 Å². The summed E-state index contributed by atoms with van der Waals surface area (Å²) >= 11 is 0. The van der Waals surface area contributed by atoms with Gasteiger partial charge in [0, 0.05) is 24.3 Å². The van der Waals surface area contributed by atoms with Crippen molar-refractivity contribution in [3.05, 3.63) is 48.0 Å². The van der Waals surface area contributed by atoms with Crippen LogP contribution in [0.3, 0.4) is 0 Å². The summed E-state index contributed by atoms with van der Waals surface area (Å²) in [6.07, 6.45) is 0. The zero-order valence-corrected chi connectivity index (χ0v) is 19.4. The molecule has 8 nitrogen and oxygen atoms in total. The molecule has 0 spiro atoms. The van der Waals surface area contributed by atoms with Crippen molar-refractivity contribution in [2.75, 3.05) is 60.6 Å². The van der Waals surface area contributed by atoms with Crippen LogP contribution < -0.4 is 28.6 Å². The summed E-state index contributed by atoms with van der Waals surface area (Å²) in [7, 11) is 10.2. The molecule has 0 aromatic heterocycles. The van der Waals surface area contributed by atoms with Crippen LogP contribution in [0.25, 0.3) is 0 Å². The first kappa shape index (κ1) is 23.3. The molecule has 8 heteroatoms. The van der Waals surface area contributed by atoms with E-state index in [1.807, 2.05) is 37.2 Å². The molecule has 1 amide bonds. The van der Waals surface area contributed by atoms with Crippen molar-refractivity contribution in [2.45, 2.75) is 6.04 Å². The van der Waals surface area contributed by atoms with Gasteiger partial charge in [0.25, 0.3) is 5.91 Å². The summed E-state index contributed by atoms with van der Waals surface area (Å²) in [6, 6.07) is 8.77. The van der Waals surface area contributed by atoms with Crippen molar-refractivity contribution in [1.29, 1.82) is 0 Å². The van der Waals surface area contributed by atoms with Gasteiger partial charge in [-0.3, -0.25) is 9.69 Å². The van der Waals surface area contributed by atoms with Gasteiger partial charge in [0.2, 0.25) is 5.75 Å². The van der Waals surface area contributed by atoms with E-state index in [-0.39, 0.29) is 11.9 Å².